The Morgan fingerprint density at radius 2 is 1.69 bits per heavy atom. The van der Waals surface area contributed by atoms with Gasteiger partial charge in [0.1, 0.15) is 5.69 Å². The Kier molecular flexibility index (Phi) is 4.74. The SMILES string of the molecule is CC(=O)Nc1cccc(NC(=O)c2cc(-c3ccc(F)c(F)c3)n[nH]2)c1. The molecule has 0 radical (unpaired) electrons. The molecule has 3 rings (SSSR count). The zero-order valence-corrected chi connectivity index (χ0v) is 13.6. The summed E-state index contributed by atoms with van der Waals surface area (Å²) in [6, 6.07) is 11.4. The van der Waals surface area contributed by atoms with Gasteiger partial charge in [0, 0.05) is 23.9 Å². The molecule has 3 aromatic rings. The molecule has 132 valence electrons. The molecule has 1 heterocycles. The van der Waals surface area contributed by atoms with E-state index in [-0.39, 0.29) is 11.6 Å². The van der Waals surface area contributed by atoms with E-state index >= 15 is 0 Å². The highest BCUT2D eigenvalue weighted by atomic mass is 19.2. The summed E-state index contributed by atoms with van der Waals surface area (Å²) in [5.41, 5.74) is 1.81. The maximum Gasteiger partial charge on any atom is 0.273 e. The highest BCUT2D eigenvalue weighted by Gasteiger charge is 2.13. The van der Waals surface area contributed by atoms with Gasteiger partial charge in [0.2, 0.25) is 5.91 Å². The number of hydrogen-bond donors (Lipinski definition) is 3. The van der Waals surface area contributed by atoms with Crippen molar-refractivity contribution in [2.24, 2.45) is 0 Å². The molecule has 3 N–H and O–H groups in total. The van der Waals surface area contributed by atoms with Gasteiger partial charge in [0.25, 0.3) is 5.91 Å². The molecule has 8 heteroatoms. The van der Waals surface area contributed by atoms with E-state index < -0.39 is 17.5 Å². The number of nitrogens with one attached hydrogen (secondary N) is 3. The lowest BCUT2D eigenvalue weighted by atomic mass is 10.1. The molecule has 2 aromatic carbocycles. The molecule has 0 aliphatic carbocycles. The van der Waals surface area contributed by atoms with Gasteiger partial charge in [-0.2, -0.15) is 5.10 Å². The Hall–Kier alpha value is -3.55. The van der Waals surface area contributed by atoms with Crippen LogP contribution in [0.2, 0.25) is 0 Å². The molecule has 0 aliphatic rings. The van der Waals surface area contributed by atoms with Crippen molar-refractivity contribution in [2.45, 2.75) is 6.92 Å². The van der Waals surface area contributed by atoms with Gasteiger partial charge in [-0.05, 0) is 42.5 Å². The van der Waals surface area contributed by atoms with Crippen molar-refractivity contribution in [3.63, 3.8) is 0 Å². The number of rotatable bonds is 4. The van der Waals surface area contributed by atoms with Crippen LogP contribution in [0.1, 0.15) is 17.4 Å². The summed E-state index contributed by atoms with van der Waals surface area (Å²) in [5, 5.41) is 11.8. The predicted molar refractivity (Wildman–Crippen MR) is 92.6 cm³/mol. The number of carbonyl (C=O) groups is 2. The molecule has 2 amide bonds. The molecule has 6 nitrogen and oxygen atoms in total. The first-order chi connectivity index (χ1) is 12.4. The Balaban J connectivity index is 1.76. The first-order valence-electron chi connectivity index (χ1n) is 7.62. The van der Waals surface area contributed by atoms with Gasteiger partial charge < -0.3 is 10.6 Å². The number of carbonyl (C=O) groups excluding carboxylic acids is 2. The fourth-order valence-corrected chi connectivity index (χ4v) is 2.32. The first-order valence-corrected chi connectivity index (χ1v) is 7.62. The van der Waals surface area contributed by atoms with Crippen molar-refractivity contribution in [3.05, 3.63) is 65.9 Å². The molecule has 0 aliphatic heterocycles. The van der Waals surface area contributed by atoms with E-state index in [0.717, 1.165) is 12.1 Å². The highest BCUT2D eigenvalue weighted by Crippen LogP contribution is 2.21. The quantitative estimate of drug-likeness (QED) is 0.668. The smallest absolute Gasteiger partial charge is 0.273 e. The molecule has 0 spiro atoms. The fraction of sp³-hybridized carbons (Fsp3) is 0.0556. The standard InChI is InChI=1S/C18H14F2N4O2/c1-10(25)21-12-3-2-4-13(8-12)22-18(26)17-9-16(23-24-17)11-5-6-14(19)15(20)7-11/h2-9H,1H3,(H,21,25)(H,22,26)(H,23,24). The van der Waals surface area contributed by atoms with Crippen LogP contribution >= 0.6 is 0 Å². The molecule has 0 atom stereocenters. The zero-order chi connectivity index (χ0) is 18.7. The lowest BCUT2D eigenvalue weighted by Gasteiger charge is -2.06. The molecule has 0 bridgehead atoms. The molecule has 0 saturated heterocycles. The van der Waals surface area contributed by atoms with Gasteiger partial charge in [0.15, 0.2) is 11.6 Å². The number of anilines is 2. The second-order valence-electron chi connectivity index (χ2n) is 5.51. The Morgan fingerprint density at radius 1 is 0.962 bits per heavy atom. The Bertz CT molecular complexity index is 985. The third-order valence-corrected chi connectivity index (χ3v) is 3.48. The molecule has 0 fully saturated rings. The lowest BCUT2D eigenvalue weighted by Crippen LogP contribution is -2.13. The van der Waals surface area contributed by atoms with Crippen molar-refractivity contribution in [1.29, 1.82) is 0 Å². The molecule has 0 unspecified atom stereocenters. The molecule has 1 aromatic heterocycles. The zero-order valence-electron chi connectivity index (χ0n) is 13.6. The van der Waals surface area contributed by atoms with Crippen molar-refractivity contribution >= 4 is 23.2 Å². The fourth-order valence-electron chi connectivity index (χ4n) is 2.32. The van der Waals surface area contributed by atoms with Gasteiger partial charge >= 0.3 is 0 Å². The summed E-state index contributed by atoms with van der Waals surface area (Å²) < 4.78 is 26.3. The van der Waals surface area contributed by atoms with E-state index in [9.17, 15) is 18.4 Å². The van der Waals surface area contributed by atoms with E-state index in [1.165, 1.54) is 19.1 Å². The van der Waals surface area contributed by atoms with Crippen LogP contribution in [0.5, 0.6) is 0 Å². The number of aromatic amines is 1. The maximum absolute atomic E-state index is 13.3. The van der Waals surface area contributed by atoms with Gasteiger partial charge in [0.05, 0.1) is 5.69 Å². The minimum absolute atomic E-state index is 0.148. The lowest BCUT2D eigenvalue weighted by molar-refractivity contribution is -0.114. The summed E-state index contributed by atoms with van der Waals surface area (Å²) in [7, 11) is 0. The second-order valence-corrected chi connectivity index (χ2v) is 5.51. The Morgan fingerprint density at radius 3 is 2.38 bits per heavy atom. The van der Waals surface area contributed by atoms with E-state index in [1.807, 2.05) is 0 Å². The number of halogens is 2. The number of H-pyrrole nitrogens is 1. The molecule has 26 heavy (non-hydrogen) atoms. The van der Waals surface area contributed by atoms with Crippen molar-refractivity contribution in [3.8, 4) is 11.3 Å². The number of hydrogen-bond acceptors (Lipinski definition) is 3. The maximum atomic E-state index is 13.3. The van der Waals surface area contributed by atoms with Gasteiger partial charge in [-0.15, -0.1) is 0 Å². The van der Waals surface area contributed by atoms with Crippen LogP contribution in [0.25, 0.3) is 11.3 Å². The third-order valence-electron chi connectivity index (χ3n) is 3.48. The second kappa shape index (κ2) is 7.14. The minimum atomic E-state index is -0.994. The summed E-state index contributed by atoms with van der Waals surface area (Å²) in [4.78, 5) is 23.4. The summed E-state index contributed by atoms with van der Waals surface area (Å²) >= 11 is 0. The van der Waals surface area contributed by atoms with Crippen LogP contribution in [0.4, 0.5) is 20.2 Å². The van der Waals surface area contributed by atoms with E-state index in [0.29, 0.717) is 22.6 Å². The van der Waals surface area contributed by atoms with Crippen molar-refractivity contribution < 1.29 is 18.4 Å². The van der Waals surface area contributed by atoms with Crippen LogP contribution in [0, 0.1) is 11.6 Å². The highest BCUT2D eigenvalue weighted by molar-refractivity contribution is 6.03. The first kappa shape index (κ1) is 17.3. The Labute approximate surface area is 147 Å². The summed E-state index contributed by atoms with van der Waals surface area (Å²) in [6.07, 6.45) is 0. The number of aromatic nitrogens is 2. The summed E-state index contributed by atoms with van der Waals surface area (Å²) in [6.45, 7) is 1.38. The molecular formula is C18H14F2N4O2. The minimum Gasteiger partial charge on any atom is -0.326 e. The van der Waals surface area contributed by atoms with E-state index in [2.05, 4.69) is 20.8 Å². The van der Waals surface area contributed by atoms with E-state index in [4.69, 9.17) is 0 Å². The predicted octanol–water partition coefficient (Wildman–Crippen LogP) is 3.57. The van der Waals surface area contributed by atoms with Gasteiger partial charge in [-0.1, -0.05) is 6.07 Å². The normalized spacial score (nSPS) is 10.4. The van der Waals surface area contributed by atoms with Gasteiger partial charge in [-0.25, -0.2) is 8.78 Å². The van der Waals surface area contributed by atoms with Crippen LogP contribution in [0.3, 0.4) is 0 Å². The van der Waals surface area contributed by atoms with Crippen LogP contribution in [0.15, 0.2) is 48.5 Å². The monoisotopic (exact) mass is 356 g/mol. The third kappa shape index (κ3) is 3.92. The molecule has 0 saturated carbocycles. The van der Waals surface area contributed by atoms with Crippen LogP contribution < -0.4 is 10.6 Å². The van der Waals surface area contributed by atoms with Crippen LogP contribution in [-0.4, -0.2) is 22.0 Å². The number of amides is 2. The van der Waals surface area contributed by atoms with Crippen LogP contribution in [-0.2, 0) is 4.79 Å². The number of benzene rings is 2. The summed E-state index contributed by atoms with van der Waals surface area (Å²) in [5.74, 6) is -2.64. The van der Waals surface area contributed by atoms with Crippen molar-refractivity contribution in [1.82, 2.24) is 10.2 Å². The van der Waals surface area contributed by atoms with E-state index in [1.54, 1.807) is 24.3 Å². The van der Waals surface area contributed by atoms with Crippen molar-refractivity contribution in [2.75, 3.05) is 10.6 Å². The average molecular weight is 356 g/mol. The average Bonchev–Trinajstić information content (AvgIpc) is 3.07. The molecular weight excluding hydrogens is 342 g/mol. The number of nitrogens with zero attached hydrogens (tertiary/aromatic N) is 1. The van der Waals surface area contributed by atoms with Gasteiger partial charge in [-0.3, -0.25) is 14.7 Å². The topological polar surface area (TPSA) is 86.9 Å². The largest absolute Gasteiger partial charge is 0.326 e.